The van der Waals surface area contributed by atoms with Crippen LogP contribution in [0.1, 0.15) is 5.69 Å². The molecule has 2 heterocycles. The van der Waals surface area contributed by atoms with Crippen LogP contribution in [0.3, 0.4) is 0 Å². The lowest BCUT2D eigenvalue weighted by molar-refractivity contribution is 0.914. The lowest BCUT2D eigenvalue weighted by atomic mass is 10.3. The first-order valence-electron chi connectivity index (χ1n) is 3.89. The van der Waals surface area contributed by atoms with E-state index in [1.807, 2.05) is 18.3 Å². The van der Waals surface area contributed by atoms with Gasteiger partial charge in [-0.15, -0.1) is 24.8 Å². The maximum atomic E-state index is 5.41. The lowest BCUT2D eigenvalue weighted by Crippen LogP contribution is -2.02. The second kappa shape index (κ2) is 5.80. The molecule has 2 N–H and O–H groups in total. The van der Waals surface area contributed by atoms with Crippen molar-refractivity contribution in [3.63, 3.8) is 0 Å². The van der Waals surface area contributed by atoms with Gasteiger partial charge in [0.15, 0.2) is 5.65 Å². The van der Waals surface area contributed by atoms with Crippen molar-refractivity contribution in [2.75, 3.05) is 6.54 Å². The van der Waals surface area contributed by atoms with E-state index < -0.39 is 0 Å². The average molecular weight is 235 g/mol. The maximum absolute atomic E-state index is 5.41. The Morgan fingerprint density at radius 3 is 2.79 bits per heavy atom. The van der Waals surface area contributed by atoms with E-state index in [0.717, 1.165) is 17.8 Å². The number of nitrogens with zero attached hydrogens (tertiary/aromatic N) is 3. The molecular weight excluding hydrogens is 223 g/mol. The minimum absolute atomic E-state index is 0. The van der Waals surface area contributed by atoms with Gasteiger partial charge in [0.05, 0.1) is 11.9 Å². The zero-order chi connectivity index (χ0) is 8.39. The number of nitrogens with two attached hydrogens (primary N) is 1. The Morgan fingerprint density at radius 1 is 1.36 bits per heavy atom. The van der Waals surface area contributed by atoms with Gasteiger partial charge in [-0.05, 0) is 18.7 Å². The molecule has 0 fully saturated rings. The topological polar surface area (TPSA) is 56.2 Å². The number of hydrogen-bond acceptors (Lipinski definition) is 3. The summed E-state index contributed by atoms with van der Waals surface area (Å²) >= 11 is 0. The zero-order valence-corrected chi connectivity index (χ0v) is 9.09. The molecule has 0 radical (unpaired) electrons. The Balaban J connectivity index is 0.000000845. The Bertz CT molecular complexity index is 354. The van der Waals surface area contributed by atoms with Gasteiger partial charge in [0, 0.05) is 12.6 Å². The summed E-state index contributed by atoms with van der Waals surface area (Å²) in [6.45, 7) is 0.629. The van der Waals surface area contributed by atoms with Crippen molar-refractivity contribution in [2.24, 2.45) is 5.73 Å². The SMILES string of the molecule is Cl.Cl.NCCc1cn2ncccc2n1. The first-order chi connectivity index (χ1) is 5.90. The van der Waals surface area contributed by atoms with Gasteiger partial charge < -0.3 is 5.73 Å². The van der Waals surface area contributed by atoms with Crippen LogP contribution in [-0.4, -0.2) is 21.1 Å². The summed E-state index contributed by atoms with van der Waals surface area (Å²) in [5, 5.41) is 4.10. The Hall–Kier alpha value is -0.840. The summed E-state index contributed by atoms with van der Waals surface area (Å²) in [5.41, 5.74) is 7.29. The van der Waals surface area contributed by atoms with E-state index in [-0.39, 0.29) is 24.8 Å². The number of fused-ring (bicyclic) bond motifs is 1. The van der Waals surface area contributed by atoms with Crippen LogP contribution in [-0.2, 0) is 6.42 Å². The summed E-state index contributed by atoms with van der Waals surface area (Å²) in [6.07, 6.45) is 4.45. The lowest BCUT2D eigenvalue weighted by Gasteiger charge is -1.85. The summed E-state index contributed by atoms with van der Waals surface area (Å²) in [4.78, 5) is 4.32. The highest BCUT2D eigenvalue weighted by molar-refractivity contribution is 5.85. The van der Waals surface area contributed by atoms with Crippen molar-refractivity contribution in [1.29, 1.82) is 0 Å². The molecule has 0 unspecified atom stereocenters. The quantitative estimate of drug-likeness (QED) is 0.847. The van der Waals surface area contributed by atoms with Crippen LogP contribution in [0.25, 0.3) is 5.65 Å². The molecule has 2 aromatic rings. The van der Waals surface area contributed by atoms with Gasteiger partial charge in [-0.1, -0.05) is 0 Å². The van der Waals surface area contributed by atoms with Crippen molar-refractivity contribution < 1.29 is 0 Å². The van der Waals surface area contributed by atoms with Gasteiger partial charge >= 0.3 is 0 Å². The highest BCUT2D eigenvalue weighted by Crippen LogP contribution is 2.01. The summed E-state index contributed by atoms with van der Waals surface area (Å²) < 4.78 is 1.75. The van der Waals surface area contributed by atoms with E-state index in [1.54, 1.807) is 10.7 Å². The average Bonchev–Trinajstić information content (AvgIpc) is 2.47. The molecule has 0 spiro atoms. The van der Waals surface area contributed by atoms with Crippen molar-refractivity contribution in [3.8, 4) is 0 Å². The summed E-state index contributed by atoms with van der Waals surface area (Å²) in [7, 11) is 0. The Labute approximate surface area is 94.3 Å². The van der Waals surface area contributed by atoms with Crippen molar-refractivity contribution in [3.05, 3.63) is 30.2 Å². The van der Waals surface area contributed by atoms with Crippen LogP contribution in [0.4, 0.5) is 0 Å². The van der Waals surface area contributed by atoms with Gasteiger partial charge in [0.1, 0.15) is 0 Å². The van der Waals surface area contributed by atoms with Crippen LogP contribution >= 0.6 is 24.8 Å². The van der Waals surface area contributed by atoms with Crippen molar-refractivity contribution in [1.82, 2.24) is 14.6 Å². The van der Waals surface area contributed by atoms with Crippen LogP contribution in [0, 0.1) is 0 Å². The number of aromatic nitrogens is 3. The summed E-state index contributed by atoms with van der Waals surface area (Å²) in [6, 6.07) is 3.79. The number of hydrogen-bond donors (Lipinski definition) is 1. The fraction of sp³-hybridized carbons (Fsp3) is 0.250. The second-order valence-electron chi connectivity index (χ2n) is 2.60. The fourth-order valence-electron chi connectivity index (χ4n) is 1.15. The Morgan fingerprint density at radius 2 is 2.14 bits per heavy atom. The molecule has 0 aliphatic heterocycles. The van der Waals surface area contributed by atoms with E-state index in [9.17, 15) is 0 Å². The first-order valence-corrected chi connectivity index (χ1v) is 3.89. The smallest absolute Gasteiger partial charge is 0.153 e. The molecule has 4 nitrogen and oxygen atoms in total. The van der Waals surface area contributed by atoms with Gasteiger partial charge in [-0.2, -0.15) is 5.10 Å². The van der Waals surface area contributed by atoms with Crippen molar-refractivity contribution >= 4 is 30.5 Å². The first kappa shape index (κ1) is 13.2. The molecule has 0 aromatic carbocycles. The maximum Gasteiger partial charge on any atom is 0.153 e. The van der Waals surface area contributed by atoms with E-state index in [1.165, 1.54) is 0 Å². The monoisotopic (exact) mass is 234 g/mol. The molecule has 0 atom stereocenters. The molecular formula is C8H12Cl2N4. The third-order valence-corrected chi connectivity index (χ3v) is 1.69. The Kier molecular flexibility index (Phi) is 5.45. The molecule has 6 heteroatoms. The third-order valence-electron chi connectivity index (χ3n) is 1.69. The minimum Gasteiger partial charge on any atom is -0.330 e. The minimum atomic E-state index is 0. The molecule has 0 amide bonds. The number of rotatable bonds is 2. The second-order valence-corrected chi connectivity index (χ2v) is 2.60. The highest BCUT2D eigenvalue weighted by Gasteiger charge is 1.98. The predicted octanol–water partition coefficient (Wildman–Crippen LogP) is 1.07. The van der Waals surface area contributed by atoms with Crippen LogP contribution in [0.15, 0.2) is 24.5 Å². The molecule has 0 saturated heterocycles. The predicted molar refractivity (Wildman–Crippen MR) is 60.2 cm³/mol. The standard InChI is InChI=1S/C8H10N4.2ClH/c9-4-3-7-6-12-8(11-7)2-1-5-10-12;;/h1-2,5-6H,3-4,9H2;2*1H. The molecule has 0 bridgehead atoms. The molecule has 2 aromatic heterocycles. The molecule has 0 aliphatic rings. The molecule has 0 aliphatic carbocycles. The van der Waals surface area contributed by atoms with Crippen LogP contribution in [0.2, 0.25) is 0 Å². The largest absolute Gasteiger partial charge is 0.330 e. The fourth-order valence-corrected chi connectivity index (χ4v) is 1.15. The van der Waals surface area contributed by atoms with Crippen molar-refractivity contribution in [2.45, 2.75) is 6.42 Å². The third kappa shape index (κ3) is 2.57. The van der Waals surface area contributed by atoms with Gasteiger partial charge in [0.2, 0.25) is 0 Å². The number of imidazole rings is 1. The van der Waals surface area contributed by atoms with E-state index in [4.69, 9.17) is 5.73 Å². The summed E-state index contributed by atoms with van der Waals surface area (Å²) in [5.74, 6) is 0. The molecule has 78 valence electrons. The normalized spacial score (nSPS) is 9.21. The van der Waals surface area contributed by atoms with Gasteiger partial charge in [-0.25, -0.2) is 9.50 Å². The zero-order valence-electron chi connectivity index (χ0n) is 7.46. The van der Waals surface area contributed by atoms with Crippen LogP contribution < -0.4 is 5.73 Å². The number of halogens is 2. The van der Waals surface area contributed by atoms with Gasteiger partial charge in [0.25, 0.3) is 0 Å². The van der Waals surface area contributed by atoms with E-state index in [0.29, 0.717) is 6.54 Å². The molecule has 2 rings (SSSR count). The van der Waals surface area contributed by atoms with Gasteiger partial charge in [-0.3, -0.25) is 0 Å². The highest BCUT2D eigenvalue weighted by atomic mass is 35.5. The molecule has 14 heavy (non-hydrogen) atoms. The van der Waals surface area contributed by atoms with Crippen LogP contribution in [0.5, 0.6) is 0 Å². The van der Waals surface area contributed by atoms with E-state index >= 15 is 0 Å². The molecule has 0 saturated carbocycles. The van der Waals surface area contributed by atoms with E-state index in [2.05, 4.69) is 10.1 Å².